The van der Waals surface area contributed by atoms with Crippen molar-refractivity contribution in [3.05, 3.63) is 18.3 Å². The maximum atomic E-state index is 5.06. The van der Waals surface area contributed by atoms with Gasteiger partial charge in [0.05, 0.1) is 0 Å². The van der Waals surface area contributed by atoms with Gasteiger partial charge in [0.2, 0.25) is 5.89 Å². The van der Waals surface area contributed by atoms with Crippen LogP contribution >= 0.6 is 0 Å². The van der Waals surface area contributed by atoms with Crippen molar-refractivity contribution in [1.82, 2.24) is 10.1 Å². The number of nitrogens with zero attached hydrogens (tertiary/aromatic N) is 2. The molecule has 0 atom stereocenters. The fourth-order valence-corrected chi connectivity index (χ4v) is 2.61. The van der Waals surface area contributed by atoms with Gasteiger partial charge >= 0.3 is 0 Å². The Labute approximate surface area is 96.9 Å². The normalized spacial score (nSPS) is 25.6. The maximum Gasteiger partial charge on any atom is 0.250 e. The molecular formula is C13H20N2O. The van der Waals surface area contributed by atoms with E-state index in [4.69, 9.17) is 4.52 Å². The highest BCUT2D eigenvalue weighted by atomic mass is 16.5. The second-order valence-corrected chi connectivity index (χ2v) is 4.70. The molecule has 0 amide bonds. The molecule has 1 aliphatic rings. The highest BCUT2D eigenvalue weighted by Gasteiger charge is 2.24. The highest BCUT2D eigenvalue weighted by molar-refractivity contribution is 5.32. The zero-order valence-electron chi connectivity index (χ0n) is 9.98. The topological polar surface area (TPSA) is 38.9 Å². The lowest BCUT2D eigenvalue weighted by Gasteiger charge is -2.26. The smallest absolute Gasteiger partial charge is 0.250 e. The zero-order valence-corrected chi connectivity index (χ0v) is 9.98. The summed E-state index contributed by atoms with van der Waals surface area (Å²) in [5.41, 5.74) is 0. The number of hydrogen-bond donors (Lipinski definition) is 0. The molecule has 1 heterocycles. The average molecular weight is 220 g/mol. The van der Waals surface area contributed by atoms with Gasteiger partial charge < -0.3 is 4.52 Å². The van der Waals surface area contributed by atoms with Crippen LogP contribution in [0.1, 0.15) is 63.1 Å². The molecule has 0 aliphatic heterocycles. The van der Waals surface area contributed by atoms with Gasteiger partial charge in [0, 0.05) is 5.92 Å². The molecule has 3 nitrogen and oxygen atoms in total. The summed E-state index contributed by atoms with van der Waals surface area (Å²) in [6.07, 6.45) is 9.34. The molecule has 1 fully saturated rings. The Morgan fingerprint density at radius 2 is 2.12 bits per heavy atom. The van der Waals surface area contributed by atoms with Gasteiger partial charge in [-0.2, -0.15) is 4.98 Å². The standard InChI is InChI=1S/C13H20N2O/c1-3-5-10-6-8-11(9-7-10)13-14-12(4-2)16-15-13/h4,10-11H,2-3,5-9H2,1H3. The van der Waals surface area contributed by atoms with E-state index in [-0.39, 0.29) is 0 Å². The summed E-state index contributed by atoms with van der Waals surface area (Å²) >= 11 is 0. The zero-order chi connectivity index (χ0) is 11.4. The third kappa shape index (κ3) is 2.52. The van der Waals surface area contributed by atoms with E-state index in [2.05, 4.69) is 23.6 Å². The van der Waals surface area contributed by atoms with Crippen LogP contribution in [0.25, 0.3) is 6.08 Å². The van der Waals surface area contributed by atoms with Gasteiger partial charge in [0.25, 0.3) is 0 Å². The number of hydrogen-bond acceptors (Lipinski definition) is 3. The largest absolute Gasteiger partial charge is 0.335 e. The molecule has 1 saturated carbocycles. The molecule has 1 aromatic rings. The molecular weight excluding hydrogens is 200 g/mol. The van der Waals surface area contributed by atoms with Gasteiger partial charge in [0.15, 0.2) is 5.82 Å². The molecule has 88 valence electrons. The average Bonchev–Trinajstić information content (AvgIpc) is 2.79. The van der Waals surface area contributed by atoms with E-state index in [0.717, 1.165) is 11.7 Å². The highest BCUT2D eigenvalue weighted by Crippen LogP contribution is 2.36. The van der Waals surface area contributed by atoms with E-state index in [0.29, 0.717) is 11.8 Å². The Hall–Kier alpha value is -1.12. The van der Waals surface area contributed by atoms with E-state index in [9.17, 15) is 0 Å². The Bertz CT molecular complexity index is 337. The molecule has 0 unspecified atom stereocenters. The fraction of sp³-hybridized carbons (Fsp3) is 0.692. The van der Waals surface area contributed by atoms with Crippen molar-refractivity contribution in [1.29, 1.82) is 0 Å². The van der Waals surface area contributed by atoms with Crippen LogP contribution in [0.4, 0.5) is 0 Å². The van der Waals surface area contributed by atoms with Crippen molar-refractivity contribution in [3.63, 3.8) is 0 Å². The Balaban J connectivity index is 1.91. The van der Waals surface area contributed by atoms with Gasteiger partial charge in [0.1, 0.15) is 0 Å². The first-order valence-corrected chi connectivity index (χ1v) is 6.29. The van der Waals surface area contributed by atoms with Gasteiger partial charge in [-0.15, -0.1) is 0 Å². The summed E-state index contributed by atoms with van der Waals surface area (Å²) in [5.74, 6) is 2.85. The monoisotopic (exact) mass is 220 g/mol. The van der Waals surface area contributed by atoms with Gasteiger partial charge in [-0.05, 0) is 37.7 Å². The van der Waals surface area contributed by atoms with Crippen molar-refractivity contribution >= 4 is 6.08 Å². The van der Waals surface area contributed by atoms with E-state index in [1.54, 1.807) is 6.08 Å². The van der Waals surface area contributed by atoms with Crippen LogP contribution in [0.5, 0.6) is 0 Å². The maximum absolute atomic E-state index is 5.06. The molecule has 1 aliphatic carbocycles. The van der Waals surface area contributed by atoms with Crippen LogP contribution < -0.4 is 0 Å². The summed E-state index contributed by atoms with van der Waals surface area (Å²) in [5, 5.41) is 4.02. The van der Waals surface area contributed by atoms with Crippen LogP contribution in [0, 0.1) is 5.92 Å². The summed E-state index contributed by atoms with van der Waals surface area (Å²) < 4.78 is 5.06. The molecule has 0 radical (unpaired) electrons. The van der Waals surface area contributed by atoms with Crippen LogP contribution in [0.15, 0.2) is 11.1 Å². The number of rotatable bonds is 4. The number of aromatic nitrogens is 2. The molecule has 16 heavy (non-hydrogen) atoms. The predicted octanol–water partition coefficient (Wildman–Crippen LogP) is 3.79. The van der Waals surface area contributed by atoms with Crippen molar-refractivity contribution in [3.8, 4) is 0 Å². The Kier molecular flexibility index (Phi) is 3.75. The van der Waals surface area contributed by atoms with Gasteiger partial charge in [-0.1, -0.05) is 31.5 Å². The predicted molar refractivity (Wildman–Crippen MR) is 64.0 cm³/mol. The van der Waals surface area contributed by atoms with E-state index < -0.39 is 0 Å². The van der Waals surface area contributed by atoms with Crippen LogP contribution in [0.2, 0.25) is 0 Å². The van der Waals surface area contributed by atoms with Crippen molar-refractivity contribution in [2.24, 2.45) is 5.92 Å². The minimum absolute atomic E-state index is 0.505. The molecule has 0 N–H and O–H groups in total. The third-order valence-corrected chi connectivity index (χ3v) is 3.54. The van der Waals surface area contributed by atoms with E-state index in [1.165, 1.54) is 38.5 Å². The fourth-order valence-electron chi connectivity index (χ4n) is 2.61. The SMILES string of the molecule is C=Cc1nc(C2CCC(CCC)CC2)no1. The minimum Gasteiger partial charge on any atom is -0.335 e. The summed E-state index contributed by atoms with van der Waals surface area (Å²) in [6, 6.07) is 0. The molecule has 1 aromatic heterocycles. The summed E-state index contributed by atoms with van der Waals surface area (Å²) in [7, 11) is 0. The first kappa shape index (κ1) is 11.4. The van der Waals surface area contributed by atoms with Crippen LogP contribution in [-0.2, 0) is 0 Å². The van der Waals surface area contributed by atoms with Crippen molar-refractivity contribution in [2.45, 2.75) is 51.4 Å². The van der Waals surface area contributed by atoms with Crippen LogP contribution in [0.3, 0.4) is 0 Å². The summed E-state index contributed by atoms with van der Waals surface area (Å²) in [6.45, 7) is 5.90. The van der Waals surface area contributed by atoms with Gasteiger partial charge in [-0.3, -0.25) is 0 Å². The summed E-state index contributed by atoms with van der Waals surface area (Å²) in [4.78, 5) is 4.33. The van der Waals surface area contributed by atoms with E-state index in [1.807, 2.05) is 0 Å². The second kappa shape index (κ2) is 5.28. The van der Waals surface area contributed by atoms with Crippen LogP contribution in [-0.4, -0.2) is 10.1 Å². The third-order valence-electron chi connectivity index (χ3n) is 3.54. The quantitative estimate of drug-likeness (QED) is 0.775. The lowest BCUT2D eigenvalue weighted by molar-refractivity contribution is 0.296. The van der Waals surface area contributed by atoms with Crippen molar-refractivity contribution in [2.75, 3.05) is 0 Å². The van der Waals surface area contributed by atoms with E-state index >= 15 is 0 Å². The van der Waals surface area contributed by atoms with Crippen molar-refractivity contribution < 1.29 is 4.52 Å². The molecule has 3 heteroatoms. The lowest BCUT2D eigenvalue weighted by atomic mass is 9.80. The molecule has 0 spiro atoms. The molecule has 0 bridgehead atoms. The first-order chi connectivity index (χ1) is 7.83. The lowest BCUT2D eigenvalue weighted by Crippen LogP contribution is -2.14. The molecule has 0 aromatic carbocycles. The second-order valence-electron chi connectivity index (χ2n) is 4.70. The Morgan fingerprint density at radius 1 is 1.38 bits per heavy atom. The molecule has 0 saturated heterocycles. The van der Waals surface area contributed by atoms with Gasteiger partial charge in [-0.25, -0.2) is 0 Å². The Morgan fingerprint density at radius 3 is 2.69 bits per heavy atom. The first-order valence-electron chi connectivity index (χ1n) is 6.29. The molecule has 2 rings (SSSR count). The minimum atomic E-state index is 0.505.